The van der Waals surface area contributed by atoms with Crippen molar-refractivity contribution in [3.63, 3.8) is 0 Å². The number of carbonyl (C=O) groups excluding carboxylic acids is 1. The molecule has 3 rings (SSSR count). The predicted molar refractivity (Wildman–Crippen MR) is 112 cm³/mol. The van der Waals surface area contributed by atoms with Gasteiger partial charge in [-0.3, -0.25) is 4.79 Å². The zero-order valence-corrected chi connectivity index (χ0v) is 17.9. The summed E-state index contributed by atoms with van der Waals surface area (Å²) in [6, 6.07) is 10.4. The molecular formula is C21H25ClN2O3S. The molecule has 0 radical (unpaired) electrons. The quantitative estimate of drug-likeness (QED) is 0.685. The average Bonchev–Trinajstić information content (AvgIpc) is 2.67. The van der Waals surface area contributed by atoms with Crippen LogP contribution in [0.4, 0.5) is 5.69 Å². The highest BCUT2D eigenvalue weighted by Crippen LogP contribution is 2.28. The van der Waals surface area contributed by atoms with Crippen LogP contribution in [-0.4, -0.2) is 37.0 Å². The summed E-state index contributed by atoms with van der Waals surface area (Å²) < 4.78 is 24.1. The monoisotopic (exact) mass is 420 g/mol. The lowest BCUT2D eigenvalue weighted by Gasteiger charge is -2.33. The summed E-state index contributed by atoms with van der Waals surface area (Å²) in [5.41, 5.74) is 1.58. The van der Waals surface area contributed by atoms with Gasteiger partial charge in [-0.1, -0.05) is 11.6 Å². The van der Waals surface area contributed by atoms with Gasteiger partial charge in [-0.15, -0.1) is 0 Å². The number of piperidine rings is 1. The van der Waals surface area contributed by atoms with E-state index >= 15 is 0 Å². The minimum Gasteiger partial charge on any atom is -0.370 e. The van der Waals surface area contributed by atoms with Crippen LogP contribution in [0.15, 0.2) is 47.6 Å². The highest BCUT2D eigenvalue weighted by Gasteiger charge is 2.32. The Morgan fingerprint density at radius 2 is 1.68 bits per heavy atom. The summed E-state index contributed by atoms with van der Waals surface area (Å²) in [5.74, 6) is 0.145. The molecule has 1 aliphatic heterocycles. The van der Waals surface area contributed by atoms with E-state index in [1.807, 2.05) is 0 Å². The van der Waals surface area contributed by atoms with Gasteiger partial charge in [0.15, 0.2) is 20.6 Å². The first-order chi connectivity index (χ1) is 13.1. The van der Waals surface area contributed by atoms with Gasteiger partial charge in [-0.25, -0.2) is 13.4 Å². The first kappa shape index (κ1) is 20.8. The highest BCUT2D eigenvalue weighted by molar-refractivity contribution is 7.92. The van der Waals surface area contributed by atoms with E-state index in [2.05, 4.69) is 9.88 Å². The molecule has 7 heteroatoms. The molecule has 5 nitrogen and oxygen atoms in total. The minimum absolute atomic E-state index is 0.00840. The Morgan fingerprint density at radius 1 is 1.07 bits per heavy atom. The van der Waals surface area contributed by atoms with Gasteiger partial charge in [-0.05, 0) is 70.0 Å². The number of anilines is 1. The van der Waals surface area contributed by atoms with E-state index in [0.717, 1.165) is 31.6 Å². The second-order valence-corrected chi connectivity index (χ2v) is 11.2. The van der Waals surface area contributed by atoms with Gasteiger partial charge in [-0.2, -0.15) is 0 Å². The van der Waals surface area contributed by atoms with Crippen molar-refractivity contribution in [3.05, 3.63) is 53.2 Å². The Balaban J connectivity index is 1.65. The van der Waals surface area contributed by atoms with Crippen molar-refractivity contribution in [3.8, 4) is 0 Å². The van der Waals surface area contributed by atoms with Crippen LogP contribution < -0.4 is 4.90 Å². The molecule has 28 heavy (non-hydrogen) atoms. The van der Waals surface area contributed by atoms with Crippen LogP contribution in [0.1, 0.15) is 44.0 Å². The highest BCUT2D eigenvalue weighted by atomic mass is 35.5. The summed E-state index contributed by atoms with van der Waals surface area (Å²) in [6.45, 7) is 6.47. The summed E-state index contributed by atoms with van der Waals surface area (Å²) in [7, 11) is -3.46. The molecule has 1 aliphatic rings. The fourth-order valence-electron chi connectivity index (χ4n) is 3.28. The average molecular weight is 421 g/mol. The number of hydrogen-bond acceptors (Lipinski definition) is 5. The lowest BCUT2D eigenvalue weighted by molar-refractivity contribution is 0.0900. The molecule has 0 amide bonds. The standard InChI is InChI=1S/C21H25ClN2O3S/c1-21(2,3)28(26,27)19-9-8-18(14-23-19)24-12-10-16(11-13-24)20(25)15-4-6-17(22)7-5-15/h4-9,14,16H,10-13H2,1-3H3. The van der Waals surface area contributed by atoms with Gasteiger partial charge in [0.05, 0.1) is 16.6 Å². The molecule has 150 valence electrons. The first-order valence-electron chi connectivity index (χ1n) is 9.35. The van der Waals surface area contributed by atoms with Crippen molar-refractivity contribution in [2.45, 2.75) is 43.4 Å². The molecule has 0 spiro atoms. The number of rotatable bonds is 4. The number of hydrogen-bond donors (Lipinski definition) is 0. The van der Waals surface area contributed by atoms with Crippen molar-refractivity contribution < 1.29 is 13.2 Å². The van der Waals surface area contributed by atoms with Crippen LogP contribution in [0, 0.1) is 5.92 Å². The largest absolute Gasteiger partial charge is 0.370 e. The molecule has 2 heterocycles. The Morgan fingerprint density at radius 3 is 2.18 bits per heavy atom. The van der Waals surface area contributed by atoms with Gasteiger partial charge < -0.3 is 4.90 Å². The Hall–Kier alpha value is -1.92. The van der Waals surface area contributed by atoms with Crippen LogP contribution in [-0.2, 0) is 9.84 Å². The van der Waals surface area contributed by atoms with Crippen LogP contribution in [0.3, 0.4) is 0 Å². The third-order valence-electron chi connectivity index (χ3n) is 5.16. The van der Waals surface area contributed by atoms with E-state index < -0.39 is 14.6 Å². The number of pyridine rings is 1. The van der Waals surface area contributed by atoms with Crippen molar-refractivity contribution in [2.75, 3.05) is 18.0 Å². The maximum absolute atomic E-state index is 12.7. The predicted octanol–water partition coefficient (Wildman–Crippen LogP) is 4.41. The van der Waals surface area contributed by atoms with E-state index in [1.165, 1.54) is 0 Å². The van der Waals surface area contributed by atoms with E-state index in [4.69, 9.17) is 11.6 Å². The van der Waals surface area contributed by atoms with Crippen molar-refractivity contribution in [2.24, 2.45) is 5.92 Å². The molecule has 1 saturated heterocycles. The maximum atomic E-state index is 12.7. The SMILES string of the molecule is CC(C)(C)S(=O)(=O)c1ccc(N2CCC(C(=O)c3ccc(Cl)cc3)CC2)cn1. The summed E-state index contributed by atoms with van der Waals surface area (Å²) >= 11 is 5.89. The Bertz CT molecular complexity index is 941. The molecule has 1 aromatic heterocycles. The van der Waals surface area contributed by atoms with Gasteiger partial charge in [0, 0.05) is 29.6 Å². The number of carbonyl (C=O) groups is 1. The number of Topliss-reactive ketones (excluding diaryl/α,β-unsaturated/α-hetero) is 1. The van der Waals surface area contributed by atoms with Crippen LogP contribution in [0.2, 0.25) is 5.02 Å². The van der Waals surface area contributed by atoms with Gasteiger partial charge in [0.1, 0.15) is 0 Å². The normalized spacial score (nSPS) is 16.2. The molecule has 0 aliphatic carbocycles. The number of sulfone groups is 1. The number of benzene rings is 1. The lowest BCUT2D eigenvalue weighted by Crippen LogP contribution is -2.36. The first-order valence-corrected chi connectivity index (χ1v) is 11.2. The van der Waals surface area contributed by atoms with Crippen LogP contribution in [0.25, 0.3) is 0 Å². The van der Waals surface area contributed by atoms with E-state index in [0.29, 0.717) is 10.6 Å². The third-order valence-corrected chi connectivity index (χ3v) is 7.82. The molecule has 2 aromatic rings. The van der Waals surface area contributed by atoms with Gasteiger partial charge in [0.2, 0.25) is 0 Å². The zero-order chi connectivity index (χ0) is 20.5. The van der Waals surface area contributed by atoms with Crippen molar-refractivity contribution in [1.29, 1.82) is 0 Å². The number of halogens is 1. The van der Waals surface area contributed by atoms with E-state index in [-0.39, 0.29) is 16.7 Å². The van der Waals surface area contributed by atoms with Gasteiger partial charge in [0.25, 0.3) is 0 Å². The molecule has 1 fully saturated rings. The maximum Gasteiger partial charge on any atom is 0.200 e. The smallest absolute Gasteiger partial charge is 0.200 e. The van der Waals surface area contributed by atoms with E-state index in [9.17, 15) is 13.2 Å². The fourth-order valence-corrected chi connectivity index (χ4v) is 4.47. The Labute approximate surface area is 171 Å². The molecule has 1 aromatic carbocycles. The second-order valence-electron chi connectivity index (χ2n) is 8.10. The topological polar surface area (TPSA) is 67.3 Å². The number of nitrogens with zero attached hydrogens (tertiary/aromatic N) is 2. The Kier molecular flexibility index (Phi) is 5.82. The van der Waals surface area contributed by atoms with Crippen molar-refractivity contribution in [1.82, 2.24) is 4.98 Å². The fraction of sp³-hybridized carbons (Fsp3) is 0.429. The zero-order valence-electron chi connectivity index (χ0n) is 16.4. The van der Waals surface area contributed by atoms with Gasteiger partial charge >= 0.3 is 0 Å². The van der Waals surface area contributed by atoms with Crippen LogP contribution in [0.5, 0.6) is 0 Å². The van der Waals surface area contributed by atoms with Crippen LogP contribution >= 0.6 is 11.6 Å². The summed E-state index contributed by atoms with van der Waals surface area (Å²) in [4.78, 5) is 19.0. The molecule has 0 bridgehead atoms. The lowest BCUT2D eigenvalue weighted by atomic mass is 9.89. The third kappa shape index (κ3) is 4.23. The van der Waals surface area contributed by atoms with Crippen molar-refractivity contribution >= 4 is 32.9 Å². The number of aromatic nitrogens is 1. The summed E-state index contributed by atoms with van der Waals surface area (Å²) in [6.07, 6.45) is 3.12. The minimum atomic E-state index is -3.46. The molecule has 0 N–H and O–H groups in total. The molecule has 0 saturated carbocycles. The molecule has 0 atom stereocenters. The second kappa shape index (κ2) is 7.84. The molecule has 0 unspecified atom stereocenters. The summed E-state index contributed by atoms with van der Waals surface area (Å²) in [5, 5.41) is 0.715. The molecular weight excluding hydrogens is 396 g/mol. The van der Waals surface area contributed by atoms with E-state index in [1.54, 1.807) is 63.4 Å². The number of ketones is 1.